The van der Waals surface area contributed by atoms with E-state index in [-0.39, 0.29) is 11.9 Å². The smallest absolute Gasteiger partial charge is 0.241 e. The van der Waals surface area contributed by atoms with Gasteiger partial charge in [0.15, 0.2) is 0 Å². The number of carbonyl (C=O) groups is 1. The zero-order valence-corrected chi connectivity index (χ0v) is 11.1. The Hall–Kier alpha value is -0.940. The monoisotopic (exact) mass is 266 g/mol. The van der Waals surface area contributed by atoms with E-state index in [0.717, 1.165) is 36.7 Å². The van der Waals surface area contributed by atoms with E-state index in [0.29, 0.717) is 12.6 Å². The first-order valence-corrected chi connectivity index (χ1v) is 7.64. The predicted octanol–water partition coefficient (Wildman–Crippen LogP) is 1.48. The van der Waals surface area contributed by atoms with E-state index >= 15 is 0 Å². The van der Waals surface area contributed by atoms with Gasteiger partial charge in [0.05, 0.1) is 18.8 Å². The highest BCUT2D eigenvalue weighted by Gasteiger charge is 2.36. The van der Waals surface area contributed by atoms with Crippen LogP contribution in [0.1, 0.15) is 18.6 Å². The Kier molecular flexibility index (Phi) is 3.61. The van der Waals surface area contributed by atoms with E-state index in [9.17, 15) is 4.79 Å². The Labute approximate surface area is 111 Å². The number of hydrogen-bond donors (Lipinski definition) is 1. The average Bonchev–Trinajstić information content (AvgIpc) is 3.13. The maximum Gasteiger partial charge on any atom is 0.241 e. The van der Waals surface area contributed by atoms with Crippen molar-refractivity contribution in [1.29, 1.82) is 0 Å². The molecule has 5 heteroatoms. The Morgan fingerprint density at radius 2 is 2.44 bits per heavy atom. The van der Waals surface area contributed by atoms with E-state index in [1.165, 1.54) is 0 Å². The summed E-state index contributed by atoms with van der Waals surface area (Å²) in [6.07, 6.45) is 3.93. The van der Waals surface area contributed by atoms with Crippen molar-refractivity contribution in [3.63, 3.8) is 0 Å². The zero-order valence-electron chi connectivity index (χ0n) is 10.3. The van der Waals surface area contributed by atoms with Gasteiger partial charge in [0.2, 0.25) is 5.91 Å². The molecule has 1 saturated carbocycles. The van der Waals surface area contributed by atoms with Crippen LogP contribution in [-0.4, -0.2) is 40.9 Å². The Balaban J connectivity index is 1.66. The number of nitrogens with zero attached hydrogens (tertiary/aromatic N) is 1. The van der Waals surface area contributed by atoms with Crippen LogP contribution in [0.15, 0.2) is 22.8 Å². The minimum absolute atomic E-state index is 0.0145. The third-order valence-corrected chi connectivity index (χ3v) is 4.46. The van der Waals surface area contributed by atoms with Crippen molar-refractivity contribution in [1.82, 2.24) is 10.2 Å². The molecule has 0 radical (unpaired) electrons. The molecule has 1 unspecified atom stereocenters. The van der Waals surface area contributed by atoms with Crippen molar-refractivity contribution >= 4 is 17.7 Å². The Morgan fingerprint density at radius 1 is 1.56 bits per heavy atom. The number of furan rings is 1. The molecule has 98 valence electrons. The van der Waals surface area contributed by atoms with Crippen molar-refractivity contribution < 1.29 is 9.21 Å². The number of amides is 1. The molecule has 0 aromatic carbocycles. The fraction of sp³-hybridized carbons (Fsp3) is 0.615. The second kappa shape index (κ2) is 5.36. The highest BCUT2D eigenvalue weighted by molar-refractivity contribution is 7.99. The lowest BCUT2D eigenvalue weighted by Gasteiger charge is -2.29. The molecule has 0 spiro atoms. The first kappa shape index (κ1) is 12.1. The standard InChI is InChI=1S/C13H18N2O2S/c16-13(12-9-18-7-5-14-12)15(10-3-4-10)8-11-2-1-6-17-11/h1-2,6,10,12,14H,3-5,7-9H2. The predicted molar refractivity (Wildman–Crippen MR) is 71.4 cm³/mol. The molecular weight excluding hydrogens is 248 g/mol. The summed E-state index contributed by atoms with van der Waals surface area (Å²) in [5, 5.41) is 3.32. The van der Waals surface area contributed by atoms with E-state index in [2.05, 4.69) is 5.32 Å². The number of hydrogen-bond acceptors (Lipinski definition) is 4. The van der Waals surface area contributed by atoms with Gasteiger partial charge in [0.1, 0.15) is 5.76 Å². The van der Waals surface area contributed by atoms with Crippen molar-refractivity contribution in [3.8, 4) is 0 Å². The van der Waals surface area contributed by atoms with Gasteiger partial charge < -0.3 is 14.6 Å². The number of nitrogens with one attached hydrogen (secondary N) is 1. The molecule has 1 aromatic rings. The second-order valence-corrected chi connectivity index (χ2v) is 6.01. The summed E-state index contributed by atoms with van der Waals surface area (Å²) >= 11 is 1.86. The van der Waals surface area contributed by atoms with Gasteiger partial charge in [-0.05, 0) is 25.0 Å². The van der Waals surface area contributed by atoms with Crippen LogP contribution in [0.3, 0.4) is 0 Å². The second-order valence-electron chi connectivity index (χ2n) is 4.86. The van der Waals surface area contributed by atoms with Gasteiger partial charge in [0.25, 0.3) is 0 Å². The summed E-state index contributed by atoms with van der Waals surface area (Å²) in [6.45, 7) is 1.54. The highest BCUT2D eigenvalue weighted by Crippen LogP contribution is 2.29. The zero-order chi connectivity index (χ0) is 12.4. The highest BCUT2D eigenvalue weighted by atomic mass is 32.2. The van der Waals surface area contributed by atoms with E-state index in [1.54, 1.807) is 6.26 Å². The third-order valence-electron chi connectivity index (χ3n) is 3.40. The van der Waals surface area contributed by atoms with Crippen LogP contribution in [0.5, 0.6) is 0 Å². The fourth-order valence-corrected chi connectivity index (χ4v) is 3.19. The Bertz CT molecular complexity index is 397. The first-order valence-electron chi connectivity index (χ1n) is 6.48. The largest absolute Gasteiger partial charge is 0.467 e. The lowest BCUT2D eigenvalue weighted by atomic mass is 10.2. The van der Waals surface area contributed by atoms with Gasteiger partial charge in [-0.3, -0.25) is 4.79 Å². The Morgan fingerprint density at radius 3 is 3.06 bits per heavy atom. The number of thioether (sulfide) groups is 1. The maximum absolute atomic E-state index is 12.5. The topological polar surface area (TPSA) is 45.5 Å². The first-order chi connectivity index (χ1) is 8.84. The van der Waals surface area contributed by atoms with Crippen molar-refractivity contribution in [2.45, 2.75) is 31.5 Å². The molecule has 1 aromatic heterocycles. The molecule has 1 amide bonds. The lowest BCUT2D eigenvalue weighted by molar-refractivity contribution is -0.134. The molecule has 2 fully saturated rings. The van der Waals surface area contributed by atoms with Crippen LogP contribution in [0.25, 0.3) is 0 Å². The van der Waals surface area contributed by atoms with Crippen LogP contribution in [0, 0.1) is 0 Å². The summed E-state index contributed by atoms with van der Waals surface area (Å²) in [6, 6.07) is 4.22. The van der Waals surface area contributed by atoms with Crippen molar-refractivity contribution in [2.75, 3.05) is 18.1 Å². The fourth-order valence-electron chi connectivity index (χ4n) is 2.27. The van der Waals surface area contributed by atoms with Gasteiger partial charge in [-0.15, -0.1) is 0 Å². The molecule has 18 heavy (non-hydrogen) atoms. The quantitative estimate of drug-likeness (QED) is 0.896. The molecule has 1 saturated heterocycles. The molecule has 1 N–H and O–H groups in total. The molecule has 4 nitrogen and oxygen atoms in total. The molecule has 2 heterocycles. The van der Waals surface area contributed by atoms with Crippen molar-refractivity contribution in [3.05, 3.63) is 24.2 Å². The summed E-state index contributed by atoms with van der Waals surface area (Å²) in [5.41, 5.74) is 0. The molecule has 1 atom stereocenters. The van der Waals surface area contributed by atoms with Crippen LogP contribution in [0.2, 0.25) is 0 Å². The molecular formula is C13H18N2O2S. The van der Waals surface area contributed by atoms with Gasteiger partial charge in [-0.2, -0.15) is 11.8 Å². The van der Waals surface area contributed by atoms with Crippen molar-refractivity contribution in [2.24, 2.45) is 0 Å². The molecule has 3 rings (SSSR count). The van der Waals surface area contributed by atoms with Gasteiger partial charge in [-0.25, -0.2) is 0 Å². The SMILES string of the molecule is O=C(C1CSCCN1)N(Cc1ccco1)C1CC1. The van der Waals surface area contributed by atoms with E-state index < -0.39 is 0 Å². The van der Waals surface area contributed by atoms with E-state index in [4.69, 9.17) is 4.42 Å². The minimum atomic E-state index is -0.0145. The van der Waals surface area contributed by atoms with Gasteiger partial charge in [-0.1, -0.05) is 0 Å². The number of rotatable bonds is 4. The van der Waals surface area contributed by atoms with Crippen LogP contribution in [-0.2, 0) is 11.3 Å². The normalized spacial score (nSPS) is 23.9. The van der Waals surface area contributed by atoms with Crippen LogP contribution < -0.4 is 5.32 Å². The van der Waals surface area contributed by atoms with Crippen LogP contribution in [0.4, 0.5) is 0 Å². The van der Waals surface area contributed by atoms with Gasteiger partial charge in [0, 0.05) is 24.1 Å². The number of carbonyl (C=O) groups excluding carboxylic acids is 1. The molecule has 2 aliphatic rings. The summed E-state index contributed by atoms with van der Waals surface area (Å²) in [7, 11) is 0. The molecule has 1 aliphatic carbocycles. The summed E-state index contributed by atoms with van der Waals surface area (Å²) in [4.78, 5) is 14.5. The van der Waals surface area contributed by atoms with Crippen LogP contribution >= 0.6 is 11.8 Å². The van der Waals surface area contributed by atoms with Gasteiger partial charge >= 0.3 is 0 Å². The molecule has 1 aliphatic heterocycles. The molecule has 0 bridgehead atoms. The minimum Gasteiger partial charge on any atom is -0.467 e. The van der Waals surface area contributed by atoms with E-state index in [1.807, 2.05) is 28.8 Å². The third kappa shape index (κ3) is 2.72. The average molecular weight is 266 g/mol. The lowest BCUT2D eigenvalue weighted by Crippen LogP contribution is -2.51. The summed E-state index contributed by atoms with van der Waals surface area (Å²) < 4.78 is 5.36. The summed E-state index contributed by atoms with van der Waals surface area (Å²) in [5.74, 6) is 3.10. The maximum atomic E-state index is 12.5.